The van der Waals surface area contributed by atoms with Gasteiger partial charge in [-0.15, -0.1) is 0 Å². The first-order chi connectivity index (χ1) is 18.6. The van der Waals surface area contributed by atoms with Gasteiger partial charge in [0.05, 0.1) is 0 Å². The van der Waals surface area contributed by atoms with Crippen LogP contribution in [0.15, 0.2) is 0 Å². The zero-order valence-electron chi connectivity index (χ0n) is 29.2. The first-order valence-corrected chi connectivity index (χ1v) is 18.6. The highest BCUT2D eigenvalue weighted by Crippen LogP contribution is 2.47. The van der Waals surface area contributed by atoms with E-state index in [2.05, 4.69) is 20.8 Å². The lowest BCUT2D eigenvalue weighted by Gasteiger charge is -2.35. The minimum atomic E-state index is 1.00. The summed E-state index contributed by atoms with van der Waals surface area (Å²) in [6.07, 6.45) is 30.5. The van der Waals surface area contributed by atoms with Gasteiger partial charge in [0.1, 0.15) is 0 Å². The van der Waals surface area contributed by atoms with Crippen molar-refractivity contribution >= 4 is 0 Å². The predicted molar refractivity (Wildman–Crippen MR) is 179 cm³/mol. The SMILES string of the molecule is CC.CC.CC.CC.CC1CCCC(C2CCCC(C)CC(C3CC3)C2)CCC1.CC1CCCCCCC1. The van der Waals surface area contributed by atoms with Gasteiger partial charge in [-0.1, -0.05) is 179 Å². The second kappa shape index (κ2) is 28.5. The Hall–Kier alpha value is 0. The van der Waals surface area contributed by atoms with E-state index in [1.165, 1.54) is 83.5 Å². The Bertz CT molecular complexity index is 417. The molecule has 232 valence electrons. The van der Waals surface area contributed by atoms with Crippen molar-refractivity contribution in [2.24, 2.45) is 41.4 Å². The second-order valence-electron chi connectivity index (χ2n) is 12.5. The molecule has 38 heavy (non-hydrogen) atoms. The number of hydrogen-bond donors (Lipinski definition) is 0. The van der Waals surface area contributed by atoms with Crippen molar-refractivity contribution in [3.8, 4) is 0 Å². The van der Waals surface area contributed by atoms with E-state index in [1.54, 1.807) is 44.9 Å². The lowest BCUT2D eigenvalue weighted by molar-refractivity contribution is 0.158. The highest BCUT2D eigenvalue weighted by atomic mass is 14.4. The molecule has 0 heterocycles. The lowest BCUT2D eigenvalue weighted by Crippen LogP contribution is -2.24. The van der Waals surface area contributed by atoms with E-state index >= 15 is 0 Å². The predicted octanol–water partition coefficient (Wildman–Crippen LogP) is 14.3. The molecule has 0 N–H and O–H groups in total. The van der Waals surface area contributed by atoms with Crippen molar-refractivity contribution in [1.82, 2.24) is 0 Å². The molecule has 0 aromatic heterocycles. The monoisotopic (exact) mass is 537 g/mol. The van der Waals surface area contributed by atoms with Crippen LogP contribution < -0.4 is 0 Å². The second-order valence-corrected chi connectivity index (χ2v) is 12.5. The summed E-state index contributed by atoms with van der Waals surface area (Å²) in [5.74, 6) is 7.46. The molecule has 0 aromatic carbocycles. The van der Waals surface area contributed by atoms with Gasteiger partial charge >= 0.3 is 0 Å². The Morgan fingerprint density at radius 3 is 1.05 bits per heavy atom. The van der Waals surface area contributed by atoms with E-state index in [0.717, 1.165) is 41.4 Å². The average Bonchev–Trinajstić information content (AvgIpc) is 3.77. The molecule has 0 bridgehead atoms. The number of hydrogen-bond acceptors (Lipinski definition) is 0. The van der Waals surface area contributed by atoms with Gasteiger partial charge in [0.2, 0.25) is 0 Å². The smallest absolute Gasteiger partial charge is 0.0381 e. The van der Waals surface area contributed by atoms with Gasteiger partial charge in [0, 0.05) is 0 Å². The molecule has 0 spiro atoms. The van der Waals surface area contributed by atoms with Gasteiger partial charge in [-0.25, -0.2) is 0 Å². The fraction of sp³-hybridized carbons (Fsp3) is 1.00. The summed E-state index contributed by atoms with van der Waals surface area (Å²) in [5, 5.41) is 0. The molecule has 3 atom stereocenters. The maximum atomic E-state index is 2.52. The van der Waals surface area contributed by atoms with Crippen molar-refractivity contribution in [1.29, 1.82) is 0 Å². The molecule has 3 unspecified atom stereocenters. The minimum absolute atomic E-state index is 1.00. The van der Waals surface area contributed by atoms with E-state index in [9.17, 15) is 0 Å². The molecule has 0 aromatic rings. The van der Waals surface area contributed by atoms with E-state index in [4.69, 9.17) is 0 Å². The van der Waals surface area contributed by atoms with Crippen LogP contribution in [-0.2, 0) is 0 Å². The molecule has 4 aliphatic rings. The van der Waals surface area contributed by atoms with E-state index < -0.39 is 0 Å². The van der Waals surface area contributed by atoms with Crippen LogP contribution in [0.3, 0.4) is 0 Å². The van der Waals surface area contributed by atoms with Crippen LogP contribution in [0.4, 0.5) is 0 Å². The first-order valence-electron chi connectivity index (χ1n) is 18.6. The molecule has 4 rings (SSSR count). The van der Waals surface area contributed by atoms with Crippen molar-refractivity contribution in [3.63, 3.8) is 0 Å². The van der Waals surface area contributed by atoms with Crippen molar-refractivity contribution in [2.45, 2.75) is 205 Å². The summed E-state index contributed by atoms with van der Waals surface area (Å²) in [5.41, 5.74) is 0. The van der Waals surface area contributed by atoms with Gasteiger partial charge in [0.15, 0.2) is 0 Å². The molecule has 0 amide bonds. The Balaban J connectivity index is 0. The zero-order valence-corrected chi connectivity index (χ0v) is 29.2. The Morgan fingerprint density at radius 1 is 0.263 bits per heavy atom. The molecule has 0 saturated heterocycles. The quantitative estimate of drug-likeness (QED) is 0.329. The van der Waals surface area contributed by atoms with Gasteiger partial charge in [0.25, 0.3) is 0 Å². The van der Waals surface area contributed by atoms with Crippen LogP contribution in [0.2, 0.25) is 0 Å². The summed E-state index contributed by atoms with van der Waals surface area (Å²) in [6, 6.07) is 0. The van der Waals surface area contributed by atoms with Crippen LogP contribution in [0, 0.1) is 41.4 Å². The number of rotatable bonds is 2. The fourth-order valence-corrected chi connectivity index (χ4v) is 7.22. The lowest BCUT2D eigenvalue weighted by atomic mass is 9.70. The summed E-state index contributed by atoms with van der Waals surface area (Å²) in [7, 11) is 0. The summed E-state index contributed by atoms with van der Waals surface area (Å²) < 4.78 is 0. The van der Waals surface area contributed by atoms with Crippen molar-refractivity contribution < 1.29 is 0 Å². The van der Waals surface area contributed by atoms with Gasteiger partial charge in [-0.3, -0.25) is 0 Å². The summed E-state index contributed by atoms with van der Waals surface area (Å²) in [6.45, 7) is 23.4. The molecule has 0 radical (unpaired) electrons. The minimum Gasteiger partial charge on any atom is -0.0683 e. The molecular formula is C38H80. The molecule has 0 nitrogen and oxygen atoms in total. The van der Waals surface area contributed by atoms with Crippen LogP contribution in [0.5, 0.6) is 0 Å². The molecule has 4 saturated carbocycles. The first kappa shape index (κ1) is 40.1. The van der Waals surface area contributed by atoms with Gasteiger partial charge < -0.3 is 0 Å². The van der Waals surface area contributed by atoms with Crippen LogP contribution in [-0.4, -0.2) is 0 Å². The van der Waals surface area contributed by atoms with Crippen LogP contribution in [0.25, 0.3) is 0 Å². The van der Waals surface area contributed by atoms with Gasteiger partial charge in [-0.05, 0) is 67.1 Å². The molecule has 4 fully saturated rings. The summed E-state index contributed by atoms with van der Waals surface area (Å²) >= 11 is 0. The Kier molecular flexibility index (Phi) is 30.1. The zero-order chi connectivity index (χ0) is 29.2. The molecular weight excluding hydrogens is 456 g/mol. The third-order valence-corrected chi connectivity index (χ3v) is 9.48. The summed E-state index contributed by atoms with van der Waals surface area (Å²) in [4.78, 5) is 0. The normalized spacial score (nSPS) is 30.6. The highest BCUT2D eigenvalue weighted by molar-refractivity contribution is 4.87. The highest BCUT2D eigenvalue weighted by Gasteiger charge is 2.36. The van der Waals surface area contributed by atoms with Crippen LogP contribution >= 0.6 is 0 Å². The molecule has 4 aliphatic carbocycles. The molecule has 0 heteroatoms. The Morgan fingerprint density at radius 2 is 0.605 bits per heavy atom. The van der Waals surface area contributed by atoms with Gasteiger partial charge in [-0.2, -0.15) is 0 Å². The van der Waals surface area contributed by atoms with E-state index in [1.807, 2.05) is 55.4 Å². The average molecular weight is 537 g/mol. The van der Waals surface area contributed by atoms with E-state index in [0.29, 0.717) is 0 Å². The molecule has 0 aliphatic heterocycles. The largest absolute Gasteiger partial charge is 0.0683 e. The maximum Gasteiger partial charge on any atom is -0.0381 e. The maximum absolute atomic E-state index is 2.52. The third kappa shape index (κ3) is 20.0. The topological polar surface area (TPSA) is 0 Å². The standard InChI is InChI=1S/C21H38.C9H18.4C2H6/c1-16-6-3-9-18(10-4-7-16)20-11-5-8-17(2)14-21(15-20)19-12-13-19;1-9-7-5-3-2-4-6-8-9;4*1-2/h16-21H,3-15H2,1-2H3;9H,2-8H2,1H3;4*1-2H3. The van der Waals surface area contributed by atoms with E-state index in [-0.39, 0.29) is 0 Å². The van der Waals surface area contributed by atoms with Crippen LogP contribution in [0.1, 0.15) is 205 Å². The Labute approximate surface area is 245 Å². The van der Waals surface area contributed by atoms with Crippen molar-refractivity contribution in [2.75, 3.05) is 0 Å². The van der Waals surface area contributed by atoms with Crippen molar-refractivity contribution in [3.05, 3.63) is 0 Å². The third-order valence-electron chi connectivity index (χ3n) is 9.48. The fourth-order valence-electron chi connectivity index (χ4n) is 7.22.